The van der Waals surface area contributed by atoms with Crippen molar-refractivity contribution in [2.75, 3.05) is 6.61 Å². The third-order valence-electron chi connectivity index (χ3n) is 5.52. The third-order valence-corrected chi connectivity index (χ3v) is 10.1. The number of benzene rings is 1. The Morgan fingerprint density at radius 2 is 1.84 bits per heavy atom. The molecule has 1 aromatic carbocycles. The Morgan fingerprint density at radius 1 is 1.19 bits per heavy atom. The van der Waals surface area contributed by atoms with Gasteiger partial charge in [0.05, 0.1) is 31.0 Å². The molecular weight excluding hydrogens is 412 g/mol. The van der Waals surface area contributed by atoms with E-state index in [0.717, 1.165) is 10.9 Å². The van der Waals surface area contributed by atoms with Crippen LogP contribution in [0, 0.1) is 0 Å². The number of carbonyl (C=O) groups excluding carboxylic acids is 1. The number of nitrogens with zero attached hydrogens (tertiary/aromatic N) is 2. The molecular formula is C23H38N2O5Si. The van der Waals surface area contributed by atoms with Crippen molar-refractivity contribution in [1.29, 1.82) is 0 Å². The van der Waals surface area contributed by atoms with Crippen LogP contribution in [0.15, 0.2) is 18.3 Å². The topological polar surface area (TPSA) is 82.8 Å². The Kier molecular flexibility index (Phi) is 7.61. The molecule has 174 valence electrons. The van der Waals surface area contributed by atoms with E-state index in [2.05, 4.69) is 45.9 Å². The molecule has 2 aromatic rings. The SMILES string of the molecule is CC(Cn1ncc2ccc(OCC(=O)OC(C)(C)C)c(CO)c21)O[Si](C)(C)C(C)(C)C. The summed E-state index contributed by atoms with van der Waals surface area (Å²) in [6, 6.07) is 3.63. The molecule has 0 saturated heterocycles. The molecule has 0 aliphatic carbocycles. The minimum atomic E-state index is -1.91. The number of rotatable bonds is 8. The fraction of sp³-hybridized carbons (Fsp3) is 0.652. The number of hydrogen-bond acceptors (Lipinski definition) is 6. The van der Waals surface area contributed by atoms with Crippen molar-refractivity contribution < 1.29 is 23.8 Å². The monoisotopic (exact) mass is 450 g/mol. The summed E-state index contributed by atoms with van der Waals surface area (Å²) >= 11 is 0. The van der Waals surface area contributed by atoms with Gasteiger partial charge in [-0.05, 0) is 58.0 Å². The summed E-state index contributed by atoms with van der Waals surface area (Å²) in [5, 5.41) is 15.6. The van der Waals surface area contributed by atoms with Gasteiger partial charge in [-0.2, -0.15) is 5.10 Å². The van der Waals surface area contributed by atoms with E-state index in [-0.39, 0.29) is 24.4 Å². The van der Waals surface area contributed by atoms with Gasteiger partial charge in [0.15, 0.2) is 14.9 Å². The summed E-state index contributed by atoms with van der Waals surface area (Å²) in [6.45, 7) is 18.7. The molecule has 1 unspecified atom stereocenters. The van der Waals surface area contributed by atoms with E-state index >= 15 is 0 Å². The first-order chi connectivity index (χ1) is 14.1. The van der Waals surface area contributed by atoms with Crippen LogP contribution in [0.1, 0.15) is 54.0 Å². The highest BCUT2D eigenvalue weighted by Crippen LogP contribution is 2.37. The number of aromatic nitrogens is 2. The fourth-order valence-corrected chi connectivity index (χ4v) is 4.56. The van der Waals surface area contributed by atoms with Crippen molar-refractivity contribution in [3.8, 4) is 5.75 Å². The lowest BCUT2D eigenvalue weighted by molar-refractivity contribution is -0.157. The third kappa shape index (κ3) is 6.54. The maximum absolute atomic E-state index is 12.0. The van der Waals surface area contributed by atoms with Crippen LogP contribution >= 0.6 is 0 Å². The summed E-state index contributed by atoms with van der Waals surface area (Å²) in [5.74, 6) is -0.0121. The molecule has 1 aromatic heterocycles. The maximum atomic E-state index is 12.0. The normalized spacial score (nSPS) is 14.0. The van der Waals surface area contributed by atoms with Gasteiger partial charge in [-0.25, -0.2) is 4.79 Å². The van der Waals surface area contributed by atoms with Crippen LogP contribution in [-0.2, 0) is 27.1 Å². The van der Waals surface area contributed by atoms with Gasteiger partial charge in [0, 0.05) is 10.9 Å². The molecule has 0 saturated carbocycles. The van der Waals surface area contributed by atoms with Crippen LogP contribution in [0.2, 0.25) is 18.1 Å². The largest absolute Gasteiger partial charge is 0.481 e. The second-order valence-corrected chi connectivity index (χ2v) is 15.3. The minimum Gasteiger partial charge on any atom is -0.481 e. The minimum absolute atomic E-state index is 0.0399. The van der Waals surface area contributed by atoms with Crippen molar-refractivity contribution in [3.05, 3.63) is 23.9 Å². The number of carbonyl (C=O) groups is 1. The van der Waals surface area contributed by atoms with Crippen LogP contribution in [0.5, 0.6) is 5.75 Å². The Hall–Kier alpha value is -1.90. The lowest BCUT2D eigenvalue weighted by atomic mass is 10.1. The molecule has 1 atom stereocenters. The molecule has 0 radical (unpaired) electrons. The summed E-state index contributed by atoms with van der Waals surface area (Å²) in [4.78, 5) is 12.0. The number of esters is 1. The molecule has 0 bridgehead atoms. The molecule has 0 aliphatic heterocycles. The molecule has 1 heterocycles. The van der Waals surface area contributed by atoms with E-state index in [1.807, 2.05) is 31.5 Å². The molecule has 0 fully saturated rings. The number of aliphatic hydroxyl groups excluding tert-OH is 1. The number of aliphatic hydroxyl groups is 1. The highest BCUT2D eigenvalue weighted by molar-refractivity contribution is 6.74. The highest BCUT2D eigenvalue weighted by atomic mass is 28.4. The molecule has 1 N–H and O–H groups in total. The summed E-state index contributed by atoms with van der Waals surface area (Å²) in [6.07, 6.45) is 1.73. The van der Waals surface area contributed by atoms with E-state index in [4.69, 9.17) is 13.9 Å². The molecule has 0 amide bonds. The molecule has 31 heavy (non-hydrogen) atoms. The van der Waals surface area contributed by atoms with Gasteiger partial charge in [-0.1, -0.05) is 20.8 Å². The standard InChI is InChI=1S/C23H38N2O5Si/c1-16(30-31(8,9)23(5,6)7)13-25-21-17(12-24-25)10-11-19(18(21)14-26)28-15-20(27)29-22(2,3)4/h10-12,16,26H,13-15H2,1-9H3. The zero-order chi connectivity index (χ0) is 23.6. The Morgan fingerprint density at radius 3 is 2.39 bits per heavy atom. The van der Waals surface area contributed by atoms with Crippen molar-refractivity contribution in [2.24, 2.45) is 0 Å². The van der Waals surface area contributed by atoms with E-state index in [1.54, 1.807) is 12.3 Å². The Bertz CT molecular complexity index is 909. The van der Waals surface area contributed by atoms with Crippen LogP contribution in [0.4, 0.5) is 0 Å². The predicted molar refractivity (Wildman–Crippen MR) is 125 cm³/mol. The van der Waals surface area contributed by atoms with Gasteiger partial charge in [0.1, 0.15) is 11.4 Å². The average Bonchev–Trinajstić information content (AvgIpc) is 2.99. The zero-order valence-corrected chi connectivity index (χ0v) is 21.4. The first-order valence-electron chi connectivity index (χ1n) is 10.8. The number of ether oxygens (including phenoxy) is 2. The van der Waals surface area contributed by atoms with Gasteiger partial charge in [-0.15, -0.1) is 0 Å². The summed E-state index contributed by atoms with van der Waals surface area (Å²) in [5.41, 5.74) is 0.802. The van der Waals surface area contributed by atoms with Gasteiger partial charge in [0.2, 0.25) is 0 Å². The number of hydrogen-bond donors (Lipinski definition) is 1. The van der Waals surface area contributed by atoms with E-state index in [1.165, 1.54) is 0 Å². The van der Waals surface area contributed by atoms with Crippen LogP contribution in [0.3, 0.4) is 0 Å². The van der Waals surface area contributed by atoms with Crippen LogP contribution < -0.4 is 4.74 Å². The van der Waals surface area contributed by atoms with Crippen molar-refractivity contribution >= 4 is 25.2 Å². The van der Waals surface area contributed by atoms with Gasteiger partial charge in [0.25, 0.3) is 0 Å². The first-order valence-corrected chi connectivity index (χ1v) is 13.7. The van der Waals surface area contributed by atoms with Gasteiger partial charge in [-0.3, -0.25) is 4.68 Å². The zero-order valence-electron chi connectivity index (χ0n) is 20.4. The lowest BCUT2D eigenvalue weighted by Crippen LogP contribution is -2.44. The van der Waals surface area contributed by atoms with Crippen LogP contribution in [-0.4, -0.2) is 47.5 Å². The van der Waals surface area contributed by atoms with Crippen molar-refractivity contribution in [2.45, 2.75) is 91.5 Å². The van der Waals surface area contributed by atoms with Crippen molar-refractivity contribution in [3.63, 3.8) is 0 Å². The second-order valence-electron chi connectivity index (χ2n) is 10.5. The lowest BCUT2D eigenvalue weighted by Gasteiger charge is -2.38. The van der Waals surface area contributed by atoms with E-state index in [0.29, 0.717) is 17.9 Å². The molecule has 0 spiro atoms. The average molecular weight is 451 g/mol. The Balaban J connectivity index is 2.24. The number of fused-ring (bicyclic) bond motifs is 1. The molecule has 7 nitrogen and oxygen atoms in total. The quantitative estimate of drug-likeness (QED) is 0.465. The first kappa shape index (κ1) is 25.4. The molecule has 2 rings (SSSR count). The second kappa shape index (κ2) is 9.30. The van der Waals surface area contributed by atoms with Gasteiger partial charge < -0.3 is 19.0 Å². The fourth-order valence-electron chi connectivity index (χ4n) is 3.13. The van der Waals surface area contributed by atoms with E-state index in [9.17, 15) is 9.90 Å². The smallest absolute Gasteiger partial charge is 0.344 e. The summed E-state index contributed by atoms with van der Waals surface area (Å²) in [7, 11) is -1.91. The highest BCUT2D eigenvalue weighted by Gasteiger charge is 2.38. The Labute approximate surface area is 186 Å². The van der Waals surface area contributed by atoms with Crippen molar-refractivity contribution in [1.82, 2.24) is 9.78 Å². The van der Waals surface area contributed by atoms with Gasteiger partial charge >= 0.3 is 5.97 Å². The molecule has 8 heteroatoms. The predicted octanol–water partition coefficient (Wildman–Crippen LogP) is 4.66. The maximum Gasteiger partial charge on any atom is 0.344 e. The van der Waals surface area contributed by atoms with Crippen LogP contribution in [0.25, 0.3) is 10.9 Å². The summed E-state index contributed by atoms with van der Waals surface area (Å²) < 4.78 is 19.3. The molecule has 0 aliphatic rings. The van der Waals surface area contributed by atoms with E-state index < -0.39 is 19.9 Å².